The van der Waals surface area contributed by atoms with Crippen molar-refractivity contribution in [2.45, 2.75) is 19.4 Å². The molecule has 0 bridgehead atoms. The maximum atomic E-state index is 13.2. The van der Waals surface area contributed by atoms with E-state index < -0.39 is 0 Å². The van der Waals surface area contributed by atoms with Gasteiger partial charge in [-0.25, -0.2) is 0 Å². The lowest BCUT2D eigenvalue weighted by Gasteiger charge is -2.26. The number of hydrogen-bond donors (Lipinski definition) is 1. The zero-order chi connectivity index (χ0) is 23.6. The average molecular weight is 462 g/mol. The van der Waals surface area contributed by atoms with E-state index in [0.717, 1.165) is 56.1 Å². The number of anilines is 1. The third kappa shape index (κ3) is 6.79. The molecule has 0 saturated carbocycles. The SMILES string of the molecule is O=C(Cc1cccc(N(Cc2ccccc2)C(=O)c2ccco2)c1)NCCCN1CCOCC1. The number of carbonyl (C=O) groups is 2. The first-order valence-corrected chi connectivity index (χ1v) is 11.7. The Hall–Kier alpha value is -3.42. The predicted molar refractivity (Wildman–Crippen MR) is 131 cm³/mol. The number of ether oxygens (including phenoxy) is 1. The first kappa shape index (κ1) is 23.7. The Bertz CT molecular complexity index is 1050. The fourth-order valence-electron chi connectivity index (χ4n) is 4.02. The van der Waals surface area contributed by atoms with E-state index >= 15 is 0 Å². The van der Waals surface area contributed by atoms with Gasteiger partial charge in [0.1, 0.15) is 0 Å². The van der Waals surface area contributed by atoms with Crippen molar-refractivity contribution < 1.29 is 18.7 Å². The Morgan fingerprint density at radius 3 is 2.50 bits per heavy atom. The molecule has 7 heteroatoms. The number of furan rings is 1. The molecular weight excluding hydrogens is 430 g/mol. The summed E-state index contributed by atoms with van der Waals surface area (Å²) in [4.78, 5) is 29.7. The molecule has 34 heavy (non-hydrogen) atoms. The minimum absolute atomic E-state index is 0.0221. The normalized spacial score (nSPS) is 14.0. The Balaban J connectivity index is 1.37. The number of rotatable bonds is 10. The number of benzene rings is 2. The molecule has 1 fully saturated rings. The van der Waals surface area contributed by atoms with Gasteiger partial charge in [-0.2, -0.15) is 0 Å². The Labute approximate surface area is 200 Å². The number of carbonyl (C=O) groups excluding carboxylic acids is 2. The van der Waals surface area contributed by atoms with Crippen LogP contribution in [0.5, 0.6) is 0 Å². The number of amides is 2. The van der Waals surface area contributed by atoms with E-state index in [9.17, 15) is 9.59 Å². The van der Waals surface area contributed by atoms with Crippen LogP contribution in [-0.2, 0) is 22.5 Å². The number of nitrogens with zero attached hydrogens (tertiary/aromatic N) is 2. The molecule has 2 amide bonds. The van der Waals surface area contributed by atoms with Crippen LogP contribution in [0.25, 0.3) is 0 Å². The van der Waals surface area contributed by atoms with Gasteiger partial charge in [-0.05, 0) is 48.4 Å². The lowest BCUT2D eigenvalue weighted by molar-refractivity contribution is -0.120. The molecule has 1 saturated heterocycles. The molecular formula is C27H31N3O4. The first-order valence-electron chi connectivity index (χ1n) is 11.7. The highest BCUT2D eigenvalue weighted by Gasteiger charge is 2.21. The summed E-state index contributed by atoms with van der Waals surface area (Å²) in [6.45, 7) is 5.49. The molecule has 0 spiro atoms. The molecule has 0 unspecified atom stereocenters. The van der Waals surface area contributed by atoms with Crippen LogP contribution in [0.2, 0.25) is 0 Å². The van der Waals surface area contributed by atoms with Gasteiger partial charge < -0.3 is 19.4 Å². The zero-order valence-electron chi connectivity index (χ0n) is 19.3. The number of hydrogen-bond acceptors (Lipinski definition) is 5. The van der Waals surface area contributed by atoms with E-state index in [0.29, 0.717) is 13.1 Å². The lowest BCUT2D eigenvalue weighted by atomic mass is 10.1. The van der Waals surface area contributed by atoms with Gasteiger partial charge in [0.25, 0.3) is 5.91 Å². The lowest BCUT2D eigenvalue weighted by Crippen LogP contribution is -2.38. The smallest absolute Gasteiger partial charge is 0.294 e. The largest absolute Gasteiger partial charge is 0.459 e. The highest BCUT2D eigenvalue weighted by atomic mass is 16.5. The molecule has 178 valence electrons. The van der Waals surface area contributed by atoms with Crippen molar-refractivity contribution in [1.29, 1.82) is 0 Å². The second-order valence-electron chi connectivity index (χ2n) is 8.36. The molecule has 2 heterocycles. The average Bonchev–Trinajstić information content (AvgIpc) is 3.41. The summed E-state index contributed by atoms with van der Waals surface area (Å²) < 4.78 is 10.7. The summed E-state index contributed by atoms with van der Waals surface area (Å²) >= 11 is 0. The summed E-state index contributed by atoms with van der Waals surface area (Å²) in [7, 11) is 0. The molecule has 0 radical (unpaired) electrons. The Kier molecular flexibility index (Phi) is 8.48. The van der Waals surface area contributed by atoms with Crippen molar-refractivity contribution in [1.82, 2.24) is 10.2 Å². The van der Waals surface area contributed by atoms with Crippen LogP contribution < -0.4 is 10.2 Å². The van der Waals surface area contributed by atoms with Crippen molar-refractivity contribution in [2.75, 3.05) is 44.3 Å². The van der Waals surface area contributed by atoms with E-state index in [1.165, 1.54) is 6.26 Å². The fraction of sp³-hybridized carbons (Fsp3) is 0.333. The van der Waals surface area contributed by atoms with E-state index in [1.54, 1.807) is 17.0 Å². The third-order valence-electron chi connectivity index (χ3n) is 5.82. The van der Waals surface area contributed by atoms with Crippen LogP contribution in [0.4, 0.5) is 5.69 Å². The maximum Gasteiger partial charge on any atom is 0.294 e. The van der Waals surface area contributed by atoms with Crippen LogP contribution in [-0.4, -0.2) is 56.1 Å². The van der Waals surface area contributed by atoms with Gasteiger partial charge in [0.15, 0.2) is 5.76 Å². The van der Waals surface area contributed by atoms with Gasteiger partial charge >= 0.3 is 0 Å². The van der Waals surface area contributed by atoms with Crippen LogP contribution in [0, 0.1) is 0 Å². The minimum Gasteiger partial charge on any atom is -0.459 e. The van der Waals surface area contributed by atoms with Crippen molar-refractivity contribution in [3.8, 4) is 0 Å². The fourth-order valence-corrected chi connectivity index (χ4v) is 4.02. The summed E-state index contributed by atoms with van der Waals surface area (Å²) in [5.74, 6) is 0.0315. The van der Waals surface area contributed by atoms with E-state index in [2.05, 4.69) is 10.2 Å². The van der Waals surface area contributed by atoms with Gasteiger partial charge in [-0.3, -0.25) is 14.5 Å². The maximum absolute atomic E-state index is 13.2. The molecule has 0 atom stereocenters. The summed E-state index contributed by atoms with van der Waals surface area (Å²) in [6.07, 6.45) is 2.67. The first-order chi connectivity index (χ1) is 16.7. The van der Waals surface area contributed by atoms with Crippen LogP contribution >= 0.6 is 0 Å². The van der Waals surface area contributed by atoms with Gasteiger partial charge in [0.2, 0.25) is 5.91 Å². The highest BCUT2D eigenvalue weighted by molar-refractivity contribution is 6.04. The second-order valence-corrected chi connectivity index (χ2v) is 8.36. The summed E-state index contributed by atoms with van der Waals surface area (Å²) in [6, 6.07) is 20.7. The molecule has 1 N–H and O–H groups in total. The Morgan fingerprint density at radius 2 is 1.74 bits per heavy atom. The molecule has 1 aliphatic heterocycles. The zero-order valence-corrected chi connectivity index (χ0v) is 19.3. The molecule has 0 aliphatic carbocycles. The topological polar surface area (TPSA) is 75.0 Å². The second kappa shape index (κ2) is 12.2. The van der Waals surface area contributed by atoms with Gasteiger partial charge in [-0.1, -0.05) is 42.5 Å². The van der Waals surface area contributed by atoms with Crippen molar-refractivity contribution >= 4 is 17.5 Å². The van der Waals surface area contributed by atoms with Crippen molar-refractivity contribution in [3.05, 3.63) is 89.9 Å². The molecule has 7 nitrogen and oxygen atoms in total. The van der Waals surface area contributed by atoms with Crippen molar-refractivity contribution in [2.24, 2.45) is 0 Å². The molecule has 1 aliphatic rings. The van der Waals surface area contributed by atoms with Crippen LogP contribution in [0.1, 0.15) is 28.1 Å². The van der Waals surface area contributed by atoms with E-state index in [-0.39, 0.29) is 24.0 Å². The molecule has 2 aromatic carbocycles. The predicted octanol–water partition coefficient (Wildman–Crippen LogP) is 3.51. The Morgan fingerprint density at radius 1 is 0.941 bits per heavy atom. The number of morpholine rings is 1. The van der Waals surface area contributed by atoms with E-state index in [4.69, 9.17) is 9.15 Å². The van der Waals surface area contributed by atoms with Crippen LogP contribution in [0.3, 0.4) is 0 Å². The quantitative estimate of drug-likeness (QED) is 0.468. The third-order valence-corrected chi connectivity index (χ3v) is 5.82. The highest BCUT2D eigenvalue weighted by Crippen LogP contribution is 2.22. The van der Waals surface area contributed by atoms with E-state index in [1.807, 2.05) is 54.6 Å². The van der Waals surface area contributed by atoms with Gasteiger partial charge in [0.05, 0.1) is 32.4 Å². The van der Waals surface area contributed by atoms with Crippen LogP contribution in [0.15, 0.2) is 77.4 Å². The van der Waals surface area contributed by atoms with Gasteiger partial charge in [-0.15, -0.1) is 0 Å². The molecule has 1 aromatic heterocycles. The standard InChI is InChI=1S/C27H31N3O4/c31-26(28-12-6-13-29-14-17-33-18-15-29)20-23-9-4-10-24(19-23)30(21-22-7-2-1-3-8-22)27(32)25-11-5-16-34-25/h1-5,7-11,16,19H,6,12-15,17-18,20-21H2,(H,28,31). The monoisotopic (exact) mass is 461 g/mol. The summed E-state index contributed by atoms with van der Waals surface area (Å²) in [5.41, 5.74) is 2.59. The molecule has 3 aromatic rings. The summed E-state index contributed by atoms with van der Waals surface area (Å²) in [5, 5.41) is 3.01. The van der Waals surface area contributed by atoms with Crippen molar-refractivity contribution in [3.63, 3.8) is 0 Å². The van der Waals surface area contributed by atoms with Gasteiger partial charge in [0, 0.05) is 25.3 Å². The number of nitrogens with one attached hydrogen (secondary N) is 1. The minimum atomic E-state index is -0.224. The molecule has 4 rings (SSSR count).